The minimum atomic E-state index is -0.288. The van der Waals surface area contributed by atoms with Crippen molar-refractivity contribution in [3.63, 3.8) is 0 Å². The first kappa shape index (κ1) is 22.8. The predicted molar refractivity (Wildman–Crippen MR) is 124 cm³/mol. The van der Waals surface area contributed by atoms with Crippen molar-refractivity contribution in [1.29, 1.82) is 0 Å². The molecule has 3 rings (SSSR count). The lowest BCUT2D eigenvalue weighted by Crippen LogP contribution is -2.07. The fourth-order valence-corrected chi connectivity index (χ4v) is 3.45. The van der Waals surface area contributed by atoms with Gasteiger partial charge in [-0.05, 0) is 36.2 Å². The molecule has 0 aliphatic carbocycles. The highest BCUT2D eigenvalue weighted by Gasteiger charge is 2.08. The number of H-pyrrole nitrogens is 1. The Morgan fingerprint density at radius 3 is 3.00 bits per heavy atom. The van der Waals surface area contributed by atoms with Crippen LogP contribution in [0.2, 0.25) is 0 Å². The van der Waals surface area contributed by atoms with Gasteiger partial charge in [-0.15, -0.1) is 5.10 Å². The van der Waals surface area contributed by atoms with Gasteiger partial charge in [-0.1, -0.05) is 58.9 Å². The number of carbonyl (C=O) groups is 1. The largest absolute Gasteiger partial charge is 0.488 e. The summed E-state index contributed by atoms with van der Waals surface area (Å²) >= 11 is 4.66. The molecule has 31 heavy (non-hydrogen) atoms. The quantitative estimate of drug-likeness (QED) is 0.170. The van der Waals surface area contributed by atoms with E-state index in [1.54, 1.807) is 6.21 Å². The van der Waals surface area contributed by atoms with Crippen LogP contribution >= 0.6 is 27.7 Å². The lowest BCUT2D eigenvalue weighted by atomic mass is 10.2. The highest BCUT2D eigenvalue weighted by Crippen LogP contribution is 2.19. The molecule has 8 nitrogen and oxygen atoms in total. The maximum Gasteiger partial charge on any atom is 0.316 e. The van der Waals surface area contributed by atoms with Crippen LogP contribution in [0.15, 0.2) is 63.3 Å². The van der Waals surface area contributed by atoms with E-state index in [0.717, 1.165) is 22.0 Å². The topological polar surface area (TPSA) is 101 Å². The molecule has 0 aliphatic rings. The average molecular weight is 504 g/mol. The summed E-state index contributed by atoms with van der Waals surface area (Å²) < 4.78 is 12.0. The molecular formula is C21H22BrN5O3S. The molecule has 0 spiro atoms. The molecule has 10 heteroatoms. The number of hydrazone groups is 1. The molecule has 0 amide bonds. The van der Waals surface area contributed by atoms with Gasteiger partial charge in [0.05, 0.1) is 18.6 Å². The molecule has 1 heterocycles. The predicted octanol–water partition coefficient (Wildman–Crippen LogP) is 4.64. The third-order valence-corrected chi connectivity index (χ3v) is 5.14. The van der Waals surface area contributed by atoms with Crippen molar-refractivity contribution >= 4 is 45.8 Å². The van der Waals surface area contributed by atoms with Crippen molar-refractivity contribution in [3.05, 3.63) is 64.1 Å². The lowest BCUT2D eigenvalue weighted by Gasteiger charge is -2.09. The second kappa shape index (κ2) is 12.1. The van der Waals surface area contributed by atoms with Crippen LogP contribution in [0.5, 0.6) is 5.75 Å². The van der Waals surface area contributed by atoms with Crippen LogP contribution in [0.1, 0.15) is 24.5 Å². The van der Waals surface area contributed by atoms with Crippen LogP contribution in [0.25, 0.3) is 0 Å². The minimum absolute atomic E-state index is 0.156. The van der Waals surface area contributed by atoms with Crippen LogP contribution in [0.4, 0.5) is 5.95 Å². The summed E-state index contributed by atoms with van der Waals surface area (Å²) in [5.74, 6) is 0.952. The second-order valence-corrected chi connectivity index (χ2v) is 8.16. The molecular weight excluding hydrogens is 482 g/mol. The van der Waals surface area contributed by atoms with E-state index in [0.29, 0.717) is 30.1 Å². The average Bonchev–Trinajstić information content (AvgIpc) is 3.23. The number of rotatable bonds is 11. The van der Waals surface area contributed by atoms with Gasteiger partial charge in [-0.3, -0.25) is 4.79 Å². The van der Waals surface area contributed by atoms with E-state index in [4.69, 9.17) is 9.47 Å². The maximum absolute atomic E-state index is 11.5. The van der Waals surface area contributed by atoms with E-state index in [1.807, 2.05) is 55.5 Å². The summed E-state index contributed by atoms with van der Waals surface area (Å²) in [6, 6.07) is 15.6. The highest BCUT2D eigenvalue weighted by molar-refractivity contribution is 9.10. The Hall–Kier alpha value is -2.85. The molecule has 2 N–H and O–H groups in total. The van der Waals surface area contributed by atoms with Crippen LogP contribution in [-0.4, -0.2) is 39.7 Å². The number of benzene rings is 2. The Labute approximate surface area is 193 Å². The van der Waals surface area contributed by atoms with Gasteiger partial charge in [0.2, 0.25) is 11.1 Å². The van der Waals surface area contributed by atoms with Crippen molar-refractivity contribution < 1.29 is 14.3 Å². The number of para-hydroxylation sites is 1. The van der Waals surface area contributed by atoms with E-state index >= 15 is 0 Å². The number of halogens is 1. The fourth-order valence-electron chi connectivity index (χ4n) is 2.41. The normalized spacial score (nSPS) is 10.9. The number of hydrogen-bond acceptors (Lipinski definition) is 8. The van der Waals surface area contributed by atoms with Crippen LogP contribution in [0.3, 0.4) is 0 Å². The Morgan fingerprint density at radius 1 is 1.29 bits per heavy atom. The number of hydrogen-bond donors (Lipinski definition) is 2. The molecule has 0 atom stereocenters. The number of aromatic amines is 1. The summed E-state index contributed by atoms with van der Waals surface area (Å²) in [6.07, 6.45) is 2.44. The Kier molecular flexibility index (Phi) is 8.92. The monoisotopic (exact) mass is 503 g/mol. The number of nitrogens with one attached hydrogen (secondary N) is 2. The van der Waals surface area contributed by atoms with E-state index in [2.05, 4.69) is 41.6 Å². The number of nitrogens with zero attached hydrogens (tertiary/aromatic N) is 3. The third kappa shape index (κ3) is 7.72. The smallest absolute Gasteiger partial charge is 0.316 e. The van der Waals surface area contributed by atoms with Gasteiger partial charge in [0.1, 0.15) is 12.4 Å². The zero-order valence-electron chi connectivity index (χ0n) is 16.9. The van der Waals surface area contributed by atoms with E-state index < -0.39 is 0 Å². The molecule has 0 bridgehead atoms. The first-order chi connectivity index (χ1) is 15.1. The number of anilines is 1. The first-order valence-electron chi connectivity index (χ1n) is 9.60. The lowest BCUT2D eigenvalue weighted by molar-refractivity contribution is -0.140. The Bertz CT molecular complexity index is 1030. The number of esters is 1. The van der Waals surface area contributed by atoms with Crippen LogP contribution in [-0.2, 0) is 16.1 Å². The van der Waals surface area contributed by atoms with Crippen molar-refractivity contribution in [3.8, 4) is 5.75 Å². The van der Waals surface area contributed by atoms with Crippen LogP contribution < -0.4 is 10.2 Å². The van der Waals surface area contributed by atoms with Crippen molar-refractivity contribution in [2.75, 3.05) is 17.8 Å². The SMILES string of the molecule is CCCOC(=O)CSc1n[nH]c(N/N=C\c2ccccc2OCc2cccc(Br)c2)n1. The number of aromatic nitrogens is 3. The van der Waals surface area contributed by atoms with Gasteiger partial charge in [-0.2, -0.15) is 10.1 Å². The molecule has 1 aromatic heterocycles. The standard InChI is InChI=1S/C21H22BrN5O3S/c1-2-10-29-19(28)14-31-21-24-20(26-27-21)25-23-12-16-7-3-4-9-18(16)30-13-15-6-5-8-17(22)11-15/h3-9,11-12H,2,10,13-14H2,1H3,(H2,24,25,26,27)/b23-12-. The van der Waals surface area contributed by atoms with Gasteiger partial charge >= 0.3 is 5.97 Å². The molecule has 0 unspecified atom stereocenters. The Morgan fingerprint density at radius 2 is 2.16 bits per heavy atom. The van der Waals surface area contributed by atoms with Gasteiger partial charge in [0, 0.05) is 10.0 Å². The molecule has 0 saturated carbocycles. The molecule has 3 aromatic rings. The number of carbonyl (C=O) groups excluding carboxylic acids is 1. The summed E-state index contributed by atoms with van der Waals surface area (Å²) in [7, 11) is 0. The Balaban J connectivity index is 1.52. The molecule has 0 fully saturated rings. The van der Waals surface area contributed by atoms with Crippen molar-refractivity contribution in [2.45, 2.75) is 25.1 Å². The fraction of sp³-hybridized carbons (Fsp3) is 0.238. The highest BCUT2D eigenvalue weighted by atomic mass is 79.9. The van der Waals surface area contributed by atoms with Gasteiger partial charge in [-0.25, -0.2) is 10.5 Å². The summed E-state index contributed by atoms with van der Waals surface area (Å²) in [4.78, 5) is 15.8. The van der Waals surface area contributed by atoms with Gasteiger partial charge in [0.25, 0.3) is 0 Å². The molecule has 0 saturated heterocycles. The molecule has 162 valence electrons. The number of thioether (sulfide) groups is 1. The first-order valence-corrected chi connectivity index (χ1v) is 11.4. The zero-order chi connectivity index (χ0) is 21.9. The third-order valence-electron chi connectivity index (χ3n) is 3.83. The van der Waals surface area contributed by atoms with E-state index in [1.165, 1.54) is 11.8 Å². The minimum Gasteiger partial charge on any atom is -0.488 e. The maximum atomic E-state index is 11.5. The number of ether oxygens (including phenoxy) is 2. The molecule has 0 aliphatic heterocycles. The molecule has 0 radical (unpaired) electrons. The molecule has 2 aromatic carbocycles. The second-order valence-electron chi connectivity index (χ2n) is 6.30. The summed E-state index contributed by atoms with van der Waals surface area (Å²) in [6.45, 7) is 2.81. The zero-order valence-corrected chi connectivity index (χ0v) is 19.3. The van der Waals surface area contributed by atoms with Gasteiger partial charge < -0.3 is 9.47 Å². The van der Waals surface area contributed by atoms with Gasteiger partial charge in [0.15, 0.2) is 0 Å². The summed E-state index contributed by atoms with van der Waals surface area (Å²) in [5.41, 5.74) is 4.67. The van der Waals surface area contributed by atoms with E-state index in [-0.39, 0.29) is 11.7 Å². The van der Waals surface area contributed by atoms with Crippen molar-refractivity contribution in [2.24, 2.45) is 5.10 Å². The van der Waals surface area contributed by atoms with Crippen LogP contribution in [0, 0.1) is 0 Å². The summed E-state index contributed by atoms with van der Waals surface area (Å²) in [5, 5.41) is 11.4. The van der Waals surface area contributed by atoms with E-state index in [9.17, 15) is 4.79 Å². The van der Waals surface area contributed by atoms with Crippen molar-refractivity contribution in [1.82, 2.24) is 15.2 Å².